The van der Waals surface area contributed by atoms with Crippen LogP contribution in [-0.4, -0.2) is 20.6 Å². The number of carboxylic acid groups (broad SMARTS) is 1. The van der Waals surface area contributed by atoms with Crippen LogP contribution in [0.4, 0.5) is 0 Å². The number of nitrogens with zero attached hydrogens (tertiary/aromatic N) is 2. The van der Waals surface area contributed by atoms with E-state index in [1.54, 1.807) is 12.3 Å². The molecule has 0 saturated heterocycles. The minimum absolute atomic E-state index is 0.0261. The summed E-state index contributed by atoms with van der Waals surface area (Å²) in [6.45, 7) is 2.47. The largest absolute Gasteiger partial charge is 0.481 e. The lowest BCUT2D eigenvalue weighted by Crippen LogP contribution is -2.24. The molecule has 2 heterocycles. The fourth-order valence-corrected chi connectivity index (χ4v) is 2.88. The molecule has 2 aromatic rings. The molecule has 2 atom stereocenters. The van der Waals surface area contributed by atoms with Crippen LogP contribution in [-0.2, 0) is 11.3 Å². The van der Waals surface area contributed by atoms with Gasteiger partial charge in [-0.1, -0.05) is 30.7 Å². The summed E-state index contributed by atoms with van der Waals surface area (Å²) in [7, 11) is 0. The average Bonchev–Trinajstić information content (AvgIpc) is 2.84. The highest BCUT2D eigenvalue weighted by Crippen LogP contribution is 2.35. The van der Waals surface area contributed by atoms with E-state index < -0.39 is 11.9 Å². The van der Waals surface area contributed by atoms with E-state index in [9.17, 15) is 9.90 Å². The zero-order valence-electron chi connectivity index (χ0n) is 11.5. The highest BCUT2D eigenvalue weighted by Gasteiger charge is 2.32. The van der Waals surface area contributed by atoms with Gasteiger partial charge in [0.25, 0.3) is 0 Å². The molecule has 5 heteroatoms. The Morgan fingerprint density at radius 3 is 2.90 bits per heavy atom. The molecule has 0 amide bonds. The highest BCUT2D eigenvalue weighted by molar-refractivity contribution is 6.30. The Morgan fingerprint density at radius 1 is 1.43 bits per heavy atom. The number of fused-ring (bicyclic) bond motifs is 1. The van der Waals surface area contributed by atoms with Gasteiger partial charge in [0.2, 0.25) is 0 Å². The Morgan fingerprint density at radius 2 is 2.24 bits per heavy atom. The van der Waals surface area contributed by atoms with Crippen LogP contribution < -0.4 is 0 Å². The van der Waals surface area contributed by atoms with Gasteiger partial charge in [-0.25, -0.2) is 0 Å². The second kappa shape index (κ2) is 5.37. The summed E-state index contributed by atoms with van der Waals surface area (Å²) >= 11 is 5.84. The number of rotatable bonds is 3. The molecular weight excluding hydrogens is 288 g/mol. The van der Waals surface area contributed by atoms with Crippen LogP contribution >= 0.6 is 11.6 Å². The van der Waals surface area contributed by atoms with Gasteiger partial charge in [0, 0.05) is 18.1 Å². The van der Waals surface area contributed by atoms with E-state index in [1.165, 1.54) is 0 Å². The fourth-order valence-electron chi connectivity index (χ4n) is 2.77. The average molecular weight is 303 g/mol. The monoisotopic (exact) mass is 302 g/mol. The standard InChI is InChI=1S/C16H15ClN2O2/c1-10-2-3-11-6-7-19(15(11)14(10)16(20)21)9-13-5-4-12(17)8-18-13/h2-8,10,14H,9H2,1H3,(H,20,21). The number of aromatic nitrogens is 2. The number of aliphatic carboxylic acids is 1. The van der Waals surface area contributed by atoms with Crippen molar-refractivity contribution in [1.29, 1.82) is 0 Å². The van der Waals surface area contributed by atoms with Crippen LogP contribution in [0.15, 0.2) is 36.7 Å². The topological polar surface area (TPSA) is 55.1 Å². The molecule has 1 N–H and O–H groups in total. The summed E-state index contributed by atoms with van der Waals surface area (Å²) in [6.07, 6.45) is 7.46. The Kier molecular flexibility index (Phi) is 3.55. The molecule has 1 aliphatic rings. The zero-order valence-corrected chi connectivity index (χ0v) is 12.3. The predicted octanol–water partition coefficient (Wildman–Crippen LogP) is 3.42. The van der Waals surface area contributed by atoms with Gasteiger partial charge >= 0.3 is 5.97 Å². The second-order valence-corrected chi connectivity index (χ2v) is 5.72. The summed E-state index contributed by atoms with van der Waals surface area (Å²) in [5, 5.41) is 10.1. The Hall–Kier alpha value is -2.07. The van der Waals surface area contributed by atoms with E-state index >= 15 is 0 Å². The third-order valence-electron chi connectivity index (χ3n) is 3.83. The van der Waals surface area contributed by atoms with E-state index in [0.29, 0.717) is 11.6 Å². The second-order valence-electron chi connectivity index (χ2n) is 5.29. The predicted molar refractivity (Wildman–Crippen MR) is 81.4 cm³/mol. The molecule has 2 unspecified atom stereocenters. The van der Waals surface area contributed by atoms with Gasteiger partial charge in [-0.15, -0.1) is 0 Å². The minimum Gasteiger partial charge on any atom is -0.481 e. The van der Waals surface area contributed by atoms with Crippen molar-refractivity contribution in [2.75, 3.05) is 0 Å². The van der Waals surface area contributed by atoms with Crippen LogP contribution in [0.1, 0.15) is 29.8 Å². The molecule has 0 radical (unpaired) electrons. The fraction of sp³-hybridized carbons (Fsp3) is 0.250. The first-order chi connectivity index (χ1) is 10.1. The molecule has 0 aliphatic heterocycles. The maximum Gasteiger partial charge on any atom is 0.313 e. The van der Waals surface area contributed by atoms with Crippen molar-refractivity contribution in [2.24, 2.45) is 5.92 Å². The van der Waals surface area contributed by atoms with Crippen LogP contribution in [0.2, 0.25) is 5.02 Å². The van der Waals surface area contributed by atoms with Gasteiger partial charge in [-0.3, -0.25) is 9.78 Å². The lowest BCUT2D eigenvalue weighted by molar-refractivity contribution is -0.139. The Labute approximate surface area is 127 Å². The molecule has 0 fully saturated rings. The molecule has 4 nitrogen and oxygen atoms in total. The highest BCUT2D eigenvalue weighted by atomic mass is 35.5. The molecule has 0 spiro atoms. The van der Waals surface area contributed by atoms with E-state index in [0.717, 1.165) is 17.0 Å². The molecule has 0 aromatic carbocycles. The summed E-state index contributed by atoms with van der Waals surface area (Å²) in [5.74, 6) is -1.34. The first-order valence-electron chi connectivity index (χ1n) is 6.76. The normalized spacial score (nSPS) is 20.3. The maximum atomic E-state index is 11.6. The number of hydrogen-bond acceptors (Lipinski definition) is 2. The number of hydrogen-bond donors (Lipinski definition) is 1. The summed E-state index contributed by atoms with van der Waals surface area (Å²) in [4.78, 5) is 15.9. The van der Waals surface area contributed by atoms with Crippen molar-refractivity contribution in [2.45, 2.75) is 19.4 Å². The van der Waals surface area contributed by atoms with Crippen LogP contribution in [0.5, 0.6) is 0 Å². The summed E-state index contributed by atoms with van der Waals surface area (Å²) in [5.41, 5.74) is 2.66. The van der Waals surface area contributed by atoms with E-state index in [-0.39, 0.29) is 5.92 Å². The van der Waals surface area contributed by atoms with E-state index in [2.05, 4.69) is 4.98 Å². The molecule has 0 saturated carbocycles. The smallest absolute Gasteiger partial charge is 0.313 e. The summed E-state index contributed by atoms with van der Waals surface area (Å²) in [6, 6.07) is 5.59. The van der Waals surface area contributed by atoms with Crippen molar-refractivity contribution < 1.29 is 9.90 Å². The number of pyridine rings is 1. The lowest BCUT2D eigenvalue weighted by Gasteiger charge is -2.24. The maximum absolute atomic E-state index is 11.6. The molecule has 1 aliphatic carbocycles. The Bertz CT molecular complexity index is 704. The van der Waals surface area contributed by atoms with E-state index in [4.69, 9.17) is 11.6 Å². The van der Waals surface area contributed by atoms with Gasteiger partial charge in [0.1, 0.15) is 5.92 Å². The number of allylic oxidation sites excluding steroid dienone is 1. The SMILES string of the molecule is CC1C=Cc2ccn(Cc3ccc(Cl)cn3)c2C1C(=O)O. The van der Waals surface area contributed by atoms with Crippen molar-refractivity contribution in [1.82, 2.24) is 9.55 Å². The van der Waals surface area contributed by atoms with Crippen molar-refractivity contribution in [3.63, 3.8) is 0 Å². The van der Waals surface area contributed by atoms with Gasteiger partial charge in [0.15, 0.2) is 0 Å². The first-order valence-corrected chi connectivity index (χ1v) is 7.14. The molecule has 108 valence electrons. The molecular formula is C16H15ClN2O2. The quantitative estimate of drug-likeness (QED) is 0.945. The Balaban J connectivity index is 1.98. The number of halogens is 1. The molecule has 3 rings (SSSR count). The molecule has 0 bridgehead atoms. The van der Waals surface area contributed by atoms with Gasteiger partial charge in [-0.2, -0.15) is 0 Å². The van der Waals surface area contributed by atoms with Crippen molar-refractivity contribution in [3.8, 4) is 0 Å². The van der Waals surface area contributed by atoms with Crippen molar-refractivity contribution in [3.05, 3.63) is 58.6 Å². The van der Waals surface area contributed by atoms with Crippen LogP contribution in [0.3, 0.4) is 0 Å². The molecule has 2 aromatic heterocycles. The van der Waals surface area contributed by atoms with Crippen LogP contribution in [0.25, 0.3) is 6.08 Å². The third-order valence-corrected chi connectivity index (χ3v) is 4.05. The lowest BCUT2D eigenvalue weighted by atomic mass is 9.84. The molecule has 21 heavy (non-hydrogen) atoms. The number of carboxylic acids is 1. The zero-order chi connectivity index (χ0) is 15.0. The number of carbonyl (C=O) groups is 1. The van der Waals surface area contributed by atoms with Crippen LogP contribution in [0, 0.1) is 5.92 Å². The summed E-state index contributed by atoms with van der Waals surface area (Å²) < 4.78 is 1.96. The van der Waals surface area contributed by atoms with Gasteiger partial charge < -0.3 is 9.67 Å². The van der Waals surface area contributed by atoms with Gasteiger partial charge in [-0.05, 0) is 29.7 Å². The van der Waals surface area contributed by atoms with Crippen molar-refractivity contribution >= 4 is 23.6 Å². The minimum atomic E-state index is -0.794. The van der Waals surface area contributed by atoms with E-state index in [1.807, 2.05) is 42.0 Å². The third kappa shape index (κ3) is 2.59. The first kappa shape index (κ1) is 13.9. The van der Waals surface area contributed by atoms with Gasteiger partial charge in [0.05, 0.1) is 17.3 Å².